The monoisotopic (exact) mass is 531 g/mol. The molecule has 1 unspecified atom stereocenters. The van der Waals surface area contributed by atoms with Crippen molar-refractivity contribution < 1.29 is 28.6 Å². The second-order valence-electron chi connectivity index (χ2n) is 9.31. The summed E-state index contributed by atoms with van der Waals surface area (Å²) in [5, 5.41) is 12.2. The van der Waals surface area contributed by atoms with Gasteiger partial charge in [0.25, 0.3) is 5.91 Å². The number of Topliss-reactive ketones (excluding diaryl/α,β-unsaturated/α-hetero) is 1. The van der Waals surface area contributed by atoms with Gasteiger partial charge >= 0.3 is 0 Å². The van der Waals surface area contributed by atoms with E-state index >= 15 is 0 Å². The number of rotatable bonds is 8. The highest BCUT2D eigenvalue weighted by molar-refractivity contribution is 6.31. The van der Waals surface area contributed by atoms with Crippen molar-refractivity contribution in [3.05, 3.63) is 106 Å². The zero-order valence-corrected chi connectivity index (χ0v) is 21.9. The van der Waals surface area contributed by atoms with Crippen LogP contribution >= 0.6 is 11.6 Å². The third-order valence-corrected chi connectivity index (χ3v) is 6.52. The molecule has 1 amide bonds. The number of ketones is 1. The van der Waals surface area contributed by atoms with Crippen molar-refractivity contribution in [3.63, 3.8) is 0 Å². The van der Waals surface area contributed by atoms with E-state index in [-0.39, 0.29) is 24.0 Å². The van der Waals surface area contributed by atoms with Gasteiger partial charge in [0, 0.05) is 17.0 Å². The van der Waals surface area contributed by atoms with Gasteiger partial charge in [-0.3, -0.25) is 9.59 Å². The van der Waals surface area contributed by atoms with Crippen molar-refractivity contribution in [2.24, 2.45) is 0 Å². The molecule has 1 atom stereocenters. The lowest BCUT2D eigenvalue weighted by Crippen LogP contribution is -2.30. The van der Waals surface area contributed by atoms with Crippen LogP contribution in [0, 0.1) is 0 Å². The summed E-state index contributed by atoms with van der Waals surface area (Å²) in [6.07, 6.45) is -0.0734. The SMILES string of the molecule is COc1cccc(CN2C(=O)C(O)=C(C(=O)c3cc4cc(Cl)ccc4o3)C2c2cccc(OC(C)C)c2)c1. The maximum absolute atomic E-state index is 13.8. The molecule has 5 rings (SSSR count). The topological polar surface area (TPSA) is 89.2 Å². The number of halogens is 1. The highest BCUT2D eigenvalue weighted by Gasteiger charge is 2.44. The number of fused-ring (bicyclic) bond motifs is 1. The molecule has 194 valence electrons. The zero-order chi connectivity index (χ0) is 27.0. The zero-order valence-electron chi connectivity index (χ0n) is 21.1. The summed E-state index contributed by atoms with van der Waals surface area (Å²) in [6, 6.07) is 20.2. The Morgan fingerprint density at radius 3 is 2.58 bits per heavy atom. The highest BCUT2D eigenvalue weighted by atomic mass is 35.5. The minimum atomic E-state index is -0.881. The molecular formula is C30H26ClNO6. The van der Waals surface area contributed by atoms with E-state index in [9.17, 15) is 14.7 Å². The van der Waals surface area contributed by atoms with Crippen molar-refractivity contribution in [1.29, 1.82) is 0 Å². The van der Waals surface area contributed by atoms with Crippen LogP contribution in [0.5, 0.6) is 11.5 Å². The summed E-state index contributed by atoms with van der Waals surface area (Å²) in [5.41, 5.74) is 1.80. The van der Waals surface area contributed by atoms with E-state index in [1.165, 1.54) is 4.90 Å². The van der Waals surface area contributed by atoms with Gasteiger partial charge < -0.3 is 23.9 Å². The minimum absolute atomic E-state index is 0.000526. The molecule has 0 bridgehead atoms. The van der Waals surface area contributed by atoms with Crippen LogP contribution < -0.4 is 9.47 Å². The van der Waals surface area contributed by atoms with E-state index in [1.807, 2.05) is 32.0 Å². The van der Waals surface area contributed by atoms with Crippen molar-refractivity contribution in [3.8, 4) is 11.5 Å². The molecule has 7 nitrogen and oxygen atoms in total. The van der Waals surface area contributed by atoms with Crippen molar-refractivity contribution in [2.75, 3.05) is 7.11 Å². The first-order chi connectivity index (χ1) is 18.2. The van der Waals surface area contributed by atoms with Crippen LogP contribution in [0.25, 0.3) is 11.0 Å². The molecule has 1 N–H and O–H groups in total. The van der Waals surface area contributed by atoms with Gasteiger partial charge in [0.05, 0.1) is 24.8 Å². The maximum Gasteiger partial charge on any atom is 0.290 e. The van der Waals surface area contributed by atoms with Gasteiger partial charge in [0.2, 0.25) is 5.78 Å². The van der Waals surface area contributed by atoms with Crippen LogP contribution in [0.1, 0.15) is 41.6 Å². The third kappa shape index (κ3) is 4.85. The highest BCUT2D eigenvalue weighted by Crippen LogP contribution is 2.41. The Bertz CT molecular complexity index is 1570. The lowest BCUT2D eigenvalue weighted by atomic mass is 9.94. The lowest BCUT2D eigenvalue weighted by Gasteiger charge is -2.27. The van der Waals surface area contributed by atoms with Gasteiger partial charge in [0.15, 0.2) is 11.5 Å². The number of carbonyl (C=O) groups excluding carboxylic acids is 2. The number of aliphatic hydroxyl groups excluding tert-OH is 1. The standard InChI is InChI=1S/C30H26ClNO6/c1-17(2)37-23-9-5-7-19(14-23)27-26(28(33)25-15-20-13-21(31)10-11-24(20)38-25)29(34)30(35)32(27)16-18-6-4-8-22(12-18)36-3/h4-15,17,27,34H,16H2,1-3H3. The number of ether oxygens (including phenoxy) is 2. The molecule has 0 fully saturated rings. The Labute approximate surface area is 224 Å². The van der Waals surface area contributed by atoms with E-state index < -0.39 is 23.5 Å². The summed E-state index contributed by atoms with van der Waals surface area (Å²) in [5.74, 6) is -0.640. The second-order valence-corrected chi connectivity index (χ2v) is 9.75. The predicted octanol–water partition coefficient (Wildman–Crippen LogP) is 6.66. The fraction of sp³-hybridized carbons (Fsp3) is 0.200. The number of furan rings is 1. The van der Waals surface area contributed by atoms with E-state index in [4.69, 9.17) is 25.5 Å². The van der Waals surface area contributed by atoms with Crippen LogP contribution in [0.3, 0.4) is 0 Å². The Hall–Kier alpha value is -4.23. The molecule has 1 aliphatic rings. The predicted molar refractivity (Wildman–Crippen MR) is 144 cm³/mol. The summed E-state index contributed by atoms with van der Waals surface area (Å²) >= 11 is 6.10. The second kappa shape index (κ2) is 10.3. The van der Waals surface area contributed by atoms with Crippen molar-refractivity contribution in [1.82, 2.24) is 4.90 Å². The van der Waals surface area contributed by atoms with Gasteiger partial charge in [-0.25, -0.2) is 0 Å². The van der Waals surface area contributed by atoms with E-state index in [0.717, 1.165) is 5.56 Å². The first-order valence-electron chi connectivity index (χ1n) is 12.1. The fourth-order valence-corrected chi connectivity index (χ4v) is 4.83. The largest absolute Gasteiger partial charge is 0.503 e. The lowest BCUT2D eigenvalue weighted by molar-refractivity contribution is -0.130. The first-order valence-corrected chi connectivity index (χ1v) is 12.5. The number of nitrogens with zero attached hydrogens (tertiary/aromatic N) is 1. The third-order valence-electron chi connectivity index (χ3n) is 6.28. The quantitative estimate of drug-likeness (QED) is 0.256. The fourth-order valence-electron chi connectivity index (χ4n) is 4.65. The normalized spacial score (nSPS) is 15.6. The number of amides is 1. The van der Waals surface area contributed by atoms with Crippen molar-refractivity contribution >= 4 is 34.3 Å². The molecule has 8 heteroatoms. The Kier molecular flexibility index (Phi) is 6.87. The first kappa shape index (κ1) is 25.4. The van der Waals surface area contributed by atoms with Gasteiger partial charge in [-0.2, -0.15) is 0 Å². The molecule has 38 heavy (non-hydrogen) atoms. The number of hydrogen-bond acceptors (Lipinski definition) is 6. The molecular weight excluding hydrogens is 506 g/mol. The molecule has 0 aliphatic carbocycles. The van der Waals surface area contributed by atoms with Crippen LogP contribution in [-0.2, 0) is 11.3 Å². The van der Waals surface area contributed by atoms with Crippen molar-refractivity contribution in [2.45, 2.75) is 32.5 Å². The molecule has 0 spiro atoms. The summed E-state index contributed by atoms with van der Waals surface area (Å²) < 4.78 is 17.0. The maximum atomic E-state index is 13.8. The molecule has 2 heterocycles. The molecule has 3 aromatic carbocycles. The molecule has 0 radical (unpaired) electrons. The molecule has 0 saturated heterocycles. The van der Waals surface area contributed by atoms with E-state index in [0.29, 0.717) is 33.1 Å². The Morgan fingerprint density at radius 2 is 1.82 bits per heavy atom. The summed E-state index contributed by atoms with van der Waals surface area (Å²) in [6.45, 7) is 3.96. The van der Waals surface area contributed by atoms with Gasteiger partial charge in [0.1, 0.15) is 17.1 Å². The van der Waals surface area contributed by atoms with E-state index in [2.05, 4.69) is 0 Å². The Morgan fingerprint density at radius 1 is 1.05 bits per heavy atom. The molecule has 4 aromatic rings. The number of hydrogen-bond donors (Lipinski definition) is 1. The summed E-state index contributed by atoms with van der Waals surface area (Å²) in [7, 11) is 1.56. The number of benzene rings is 3. The Balaban J connectivity index is 1.60. The smallest absolute Gasteiger partial charge is 0.290 e. The van der Waals surface area contributed by atoms with Crippen LogP contribution in [0.4, 0.5) is 0 Å². The van der Waals surface area contributed by atoms with E-state index in [1.54, 1.807) is 61.7 Å². The van der Waals surface area contributed by atoms with Crippen LogP contribution in [0.15, 0.2) is 88.5 Å². The minimum Gasteiger partial charge on any atom is -0.503 e. The average Bonchev–Trinajstić information content (AvgIpc) is 3.42. The number of aliphatic hydroxyl groups is 1. The van der Waals surface area contributed by atoms with Gasteiger partial charge in [-0.15, -0.1) is 0 Å². The van der Waals surface area contributed by atoms with Gasteiger partial charge in [-0.05, 0) is 73.5 Å². The van der Waals surface area contributed by atoms with Gasteiger partial charge in [-0.1, -0.05) is 35.9 Å². The average molecular weight is 532 g/mol. The number of carbonyl (C=O) groups is 2. The summed E-state index contributed by atoms with van der Waals surface area (Å²) in [4.78, 5) is 28.7. The molecule has 0 saturated carbocycles. The molecule has 1 aromatic heterocycles. The van der Waals surface area contributed by atoms with Crippen LogP contribution in [0.2, 0.25) is 5.02 Å². The molecule has 1 aliphatic heterocycles. The van der Waals surface area contributed by atoms with Crippen LogP contribution in [-0.4, -0.2) is 34.9 Å². The number of methoxy groups -OCH3 is 1.